The molecule has 166 valence electrons. The van der Waals surface area contributed by atoms with Gasteiger partial charge in [-0.25, -0.2) is 4.79 Å². The summed E-state index contributed by atoms with van der Waals surface area (Å²) in [5.41, 5.74) is 1.95. The van der Waals surface area contributed by atoms with Gasteiger partial charge in [-0.15, -0.1) is 0 Å². The van der Waals surface area contributed by atoms with Crippen molar-refractivity contribution in [1.29, 1.82) is 0 Å². The minimum atomic E-state index is -0.785. The summed E-state index contributed by atoms with van der Waals surface area (Å²) in [5.74, 6) is -0.940. The Morgan fingerprint density at radius 3 is 2.59 bits per heavy atom. The first-order valence-electron chi connectivity index (χ1n) is 10.1. The number of anilines is 1. The molecule has 2 saturated heterocycles. The highest BCUT2D eigenvalue weighted by Gasteiger charge is 2.36. The number of hydrogen-bond donors (Lipinski definition) is 1. The third kappa shape index (κ3) is 4.46. The van der Waals surface area contributed by atoms with Gasteiger partial charge in [0.15, 0.2) is 0 Å². The predicted octanol–water partition coefficient (Wildman–Crippen LogP) is 2.85. The largest absolute Gasteiger partial charge is 0.496 e. The number of hydrogen-bond acceptors (Lipinski definition) is 6. The van der Waals surface area contributed by atoms with Crippen molar-refractivity contribution in [2.24, 2.45) is 0 Å². The minimum Gasteiger partial charge on any atom is -0.496 e. The lowest BCUT2D eigenvalue weighted by atomic mass is 10.0. The molecule has 0 spiro atoms. The molecule has 1 N–H and O–H groups in total. The van der Waals surface area contributed by atoms with Crippen molar-refractivity contribution in [3.8, 4) is 5.75 Å². The number of amides is 4. The molecule has 0 aromatic heterocycles. The van der Waals surface area contributed by atoms with Crippen LogP contribution in [0, 0.1) is 0 Å². The number of benzene rings is 2. The van der Waals surface area contributed by atoms with E-state index >= 15 is 0 Å². The lowest BCUT2D eigenvalue weighted by Crippen LogP contribution is -2.53. The number of methoxy groups -OCH3 is 1. The van der Waals surface area contributed by atoms with Crippen LogP contribution in [0.5, 0.6) is 5.75 Å². The number of carbonyl (C=O) groups is 3. The summed E-state index contributed by atoms with van der Waals surface area (Å²) in [6, 6.07) is 11.7. The molecule has 4 amide bonds. The fourth-order valence-electron chi connectivity index (χ4n) is 3.63. The van der Waals surface area contributed by atoms with Crippen molar-refractivity contribution in [3.63, 3.8) is 0 Å². The molecule has 2 aromatic rings. The van der Waals surface area contributed by atoms with Gasteiger partial charge in [0.1, 0.15) is 11.3 Å². The zero-order valence-corrected chi connectivity index (χ0v) is 18.2. The van der Waals surface area contributed by atoms with E-state index in [4.69, 9.17) is 21.1 Å². The Morgan fingerprint density at radius 1 is 1.12 bits per heavy atom. The standard InChI is InChI=1S/C23H22ClN3O5/c1-31-20-13-17(26-8-10-32-11-9-26)7-6-15(20)12-18-21(28)25-23(30)27(22(18)29)14-16-4-2-3-5-19(16)24/h2-7,12-13H,8-11,14H2,1H3,(H,25,28,30)/b18-12-. The molecule has 2 aromatic carbocycles. The zero-order valence-electron chi connectivity index (χ0n) is 17.5. The van der Waals surface area contributed by atoms with Gasteiger partial charge in [0.25, 0.3) is 11.8 Å². The van der Waals surface area contributed by atoms with Gasteiger partial charge in [0.2, 0.25) is 0 Å². The average molecular weight is 456 g/mol. The summed E-state index contributed by atoms with van der Waals surface area (Å²) in [5, 5.41) is 2.65. The van der Waals surface area contributed by atoms with Gasteiger partial charge in [0.05, 0.1) is 26.9 Å². The summed E-state index contributed by atoms with van der Waals surface area (Å²) in [4.78, 5) is 41.0. The maximum absolute atomic E-state index is 13.1. The van der Waals surface area contributed by atoms with E-state index < -0.39 is 17.8 Å². The minimum absolute atomic E-state index is 0.0535. The lowest BCUT2D eigenvalue weighted by Gasteiger charge is -2.29. The molecular formula is C23H22ClN3O5. The van der Waals surface area contributed by atoms with E-state index in [0.717, 1.165) is 23.7 Å². The molecule has 0 bridgehead atoms. The monoisotopic (exact) mass is 455 g/mol. The van der Waals surface area contributed by atoms with E-state index in [1.807, 2.05) is 12.1 Å². The number of carbonyl (C=O) groups excluding carboxylic acids is 3. The molecule has 0 unspecified atom stereocenters. The van der Waals surface area contributed by atoms with Crippen molar-refractivity contribution in [2.75, 3.05) is 38.3 Å². The fourth-order valence-corrected chi connectivity index (χ4v) is 3.82. The highest BCUT2D eigenvalue weighted by molar-refractivity contribution is 6.32. The van der Waals surface area contributed by atoms with Crippen molar-refractivity contribution in [3.05, 3.63) is 64.2 Å². The summed E-state index contributed by atoms with van der Waals surface area (Å²) in [6.45, 7) is 2.78. The first-order chi connectivity index (χ1) is 15.5. The van der Waals surface area contributed by atoms with Crippen LogP contribution in [0.15, 0.2) is 48.0 Å². The predicted molar refractivity (Wildman–Crippen MR) is 120 cm³/mol. The van der Waals surface area contributed by atoms with Gasteiger partial charge in [-0.1, -0.05) is 29.8 Å². The summed E-state index contributed by atoms with van der Waals surface area (Å²) < 4.78 is 10.9. The van der Waals surface area contributed by atoms with Crippen molar-refractivity contribution >= 4 is 41.2 Å². The first kappa shape index (κ1) is 21.9. The van der Waals surface area contributed by atoms with Crippen molar-refractivity contribution in [2.45, 2.75) is 6.54 Å². The molecule has 4 rings (SSSR count). The molecule has 2 aliphatic rings. The molecule has 0 radical (unpaired) electrons. The third-order valence-corrected chi connectivity index (χ3v) is 5.73. The van der Waals surface area contributed by atoms with E-state index in [1.54, 1.807) is 30.3 Å². The van der Waals surface area contributed by atoms with Gasteiger partial charge >= 0.3 is 6.03 Å². The maximum atomic E-state index is 13.1. The molecule has 2 fully saturated rings. The molecule has 0 atom stereocenters. The van der Waals surface area contributed by atoms with Crippen LogP contribution in [-0.4, -0.2) is 56.2 Å². The highest BCUT2D eigenvalue weighted by Crippen LogP contribution is 2.29. The van der Waals surface area contributed by atoms with Gasteiger partial charge in [-0.3, -0.25) is 19.8 Å². The Morgan fingerprint density at radius 2 is 1.88 bits per heavy atom. The molecule has 32 heavy (non-hydrogen) atoms. The third-order valence-electron chi connectivity index (χ3n) is 5.37. The topological polar surface area (TPSA) is 88.2 Å². The number of morpholine rings is 1. The summed E-state index contributed by atoms with van der Waals surface area (Å²) in [6.07, 6.45) is 1.44. The van der Waals surface area contributed by atoms with Gasteiger partial charge in [-0.2, -0.15) is 0 Å². The number of imide groups is 2. The van der Waals surface area contributed by atoms with Gasteiger partial charge < -0.3 is 14.4 Å². The quantitative estimate of drug-likeness (QED) is 0.551. The Labute approximate surface area is 190 Å². The number of urea groups is 1. The highest BCUT2D eigenvalue weighted by atomic mass is 35.5. The first-order valence-corrected chi connectivity index (χ1v) is 10.5. The van der Waals surface area contributed by atoms with Crippen LogP contribution in [-0.2, 0) is 20.9 Å². The Bertz CT molecular complexity index is 1090. The molecular weight excluding hydrogens is 434 g/mol. The van der Waals surface area contributed by atoms with Gasteiger partial charge in [0, 0.05) is 35.4 Å². The number of nitrogens with zero attached hydrogens (tertiary/aromatic N) is 2. The van der Waals surface area contributed by atoms with Gasteiger partial charge in [-0.05, 0) is 29.8 Å². The van der Waals surface area contributed by atoms with Crippen LogP contribution in [0.4, 0.5) is 10.5 Å². The van der Waals surface area contributed by atoms with Crippen LogP contribution < -0.4 is 15.0 Å². The van der Waals surface area contributed by atoms with E-state index in [1.165, 1.54) is 13.2 Å². The van der Waals surface area contributed by atoms with Crippen molar-refractivity contribution < 1.29 is 23.9 Å². The number of ether oxygens (including phenoxy) is 2. The molecule has 2 aliphatic heterocycles. The Hall–Kier alpha value is -3.36. The van der Waals surface area contributed by atoms with E-state index in [9.17, 15) is 14.4 Å². The van der Waals surface area contributed by atoms with Crippen LogP contribution in [0.25, 0.3) is 6.08 Å². The number of rotatable bonds is 5. The number of barbiturate groups is 1. The smallest absolute Gasteiger partial charge is 0.331 e. The SMILES string of the molecule is COc1cc(N2CCOCC2)ccc1/C=C1/C(=O)NC(=O)N(Cc2ccccc2Cl)C1=O. The summed E-state index contributed by atoms with van der Waals surface area (Å²) >= 11 is 6.17. The molecule has 8 nitrogen and oxygen atoms in total. The van der Waals surface area contributed by atoms with Crippen LogP contribution >= 0.6 is 11.6 Å². The normalized spacial score (nSPS) is 18.2. The van der Waals surface area contributed by atoms with E-state index in [0.29, 0.717) is 35.1 Å². The Balaban J connectivity index is 1.63. The van der Waals surface area contributed by atoms with Crippen LogP contribution in [0.2, 0.25) is 5.02 Å². The molecule has 0 saturated carbocycles. The number of halogens is 1. The average Bonchev–Trinajstić information content (AvgIpc) is 2.81. The second-order valence-electron chi connectivity index (χ2n) is 7.33. The maximum Gasteiger partial charge on any atom is 0.331 e. The number of nitrogens with one attached hydrogen (secondary N) is 1. The van der Waals surface area contributed by atoms with E-state index in [2.05, 4.69) is 10.2 Å². The molecule has 9 heteroatoms. The van der Waals surface area contributed by atoms with Crippen LogP contribution in [0.3, 0.4) is 0 Å². The Kier molecular flexibility index (Phi) is 6.43. The zero-order chi connectivity index (χ0) is 22.7. The molecule has 0 aliphatic carbocycles. The van der Waals surface area contributed by atoms with Crippen molar-refractivity contribution in [1.82, 2.24) is 10.2 Å². The second-order valence-corrected chi connectivity index (χ2v) is 7.73. The molecule has 2 heterocycles. The van der Waals surface area contributed by atoms with E-state index in [-0.39, 0.29) is 12.1 Å². The lowest BCUT2D eigenvalue weighted by molar-refractivity contribution is -0.130. The second kappa shape index (κ2) is 9.42. The fraction of sp³-hybridized carbons (Fsp3) is 0.261. The summed E-state index contributed by atoms with van der Waals surface area (Å²) in [7, 11) is 1.52. The van der Waals surface area contributed by atoms with Crippen LogP contribution in [0.1, 0.15) is 11.1 Å².